The zero-order valence-corrected chi connectivity index (χ0v) is 13.0. The molecule has 0 bridgehead atoms. The molecule has 4 nitrogen and oxygen atoms in total. The number of furan rings is 1. The quantitative estimate of drug-likeness (QED) is 0.787. The van der Waals surface area contributed by atoms with Crippen molar-refractivity contribution in [2.45, 2.75) is 53.1 Å². The minimum Gasteiger partial charge on any atom is -0.466 e. The van der Waals surface area contributed by atoms with E-state index >= 15 is 0 Å². The number of hydrogen-bond donors (Lipinski definition) is 2. The second-order valence-corrected chi connectivity index (χ2v) is 5.33. The predicted octanol–water partition coefficient (Wildman–Crippen LogP) is 2.97. The summed E-state index contributed by atoms with van der Waals surface area (Å²) in [5, 5.41) is 13.2. The maximum Gasteiger partial charge on any atom is 0.244 e. The van der Waals surface area contributed by atoms with Gasteiger partial charge in [0.05, 0.1) is 6.54 Å². The third-order valence-electron chi connectivity index (χ3n) is 3.47. The molecule has 2 N–H and O–H groups in total. The summed E-state index contributed by atoms with van der Waals surface area (Å²) in [5.74, 6) is 1.27. The number of rotatable bonds is 6. The van der Waals surface area contributed by atoms with Gasteiger partial charge in [0.2, 0.25) is 5.91 Å². The second-order valence-electron chi connectivity index (χ2n) is 5.33. The Bertz CT molecular complexity index is 492. The van der Waals surface area contributed by atoms with Gasteiger partial charge < -0.3 is 14.8 Å². The van der Waals surface area contributed by atoms with E-state index in [4.69, 9.17) is 4.42 Å². The van der Waals surface area contributed by atoms with Crippen LogP contribution in [0.25, 0.3) is 0 Å². The third kappa shape index (κ3) is 4.23. The molecule has 0 aromatic carbocycles. The standard InChI is InChI=1S/C16H25NO3/c1-6-13(7-2)9-15(18)17-10-16(5,19)14-8-11(3)20-12(14)4/h8-9,19H,6-7,10H2,1-5H3,(H,17,18). The van der Waals surface area contributed by atoms with Crippen molar-refractivity contribution < 1.29 is 14.3 Å². The molecule has 0 spiro atoms. The monoisotopic (exact) mass is 279 g/mol. The van der Waals surface area contributed by atoms with E-state index in [1.807, 2.05) is 27.7 Å². The number of amides is 1. The summed E-state index contributed by atoms with van der Waals surface area (Å²) < 4.78 is 5.42. The van der Waals surface area contributed by atoms with Crippen molar-refractivity contribution in [2.75, 3.05) is 6.54 Å². The van der Waals surface area contributed by atoms with Gasteiger partial charge in [0.1, 0.15) is 17.1 Å². The van der Waals surface area contributed by atoms with Crippen LogP contribution in [0.5, 0.6) is 0 Å². The number of carbonyl (C=O) groups is 1. The van der Waals surface area contributed by atoms with E-state index in [1.54, 1.807) is 19.1 Å². The fourth-order valence-electron chi connectivity index (χ4n) is 2.21. The highest BCUT2D eigenvalue weighted by Crippen LogP contribution is 2.26. The molecule has 112 valence electrons. The van der Waals surface area contributed by atoms with Gasteiger partial charge >= 0.3 is 0 Å². The van der Waals surface area contributed by atoms with Crippen molar-refractivity contribution in [2.24, 2.45) is 0 Å². The molecule has 0 saturated heterocycles. The van der Waals surface area contributed by atoms with E-state index in [-0.39, 0.29) is 12.5 Å². The van der Waals surface area contributed by atoms with Gasteiger partial charge in [-0.3, -0.25) is 4.79 Å². The van der Waals surface area contributed by atoms with Crippen LogP contribution in [0.3, 0.4) is 0 Å². The Labute approximate surface area is 120 Å². The van der Waals surface area contributed by atoms with Crippen molar-refractivity contribution in [3.8, 4) is 0 Å². The summed E-state index contributed by atoms with van der Waals surface area (Å²) in [5.41, 5.74) is 0.673. The minimum atomic E-state index is -1.13. The van der Waals surface area contributed by atoms with Crippen molar-refractivity contribution in [1.29, 1.82) is 0 Å². The summed E-state index contributed by atoms with van der Waals surface area (Å²) in [7, 11) is 0. The van der Waals surface area contributed by atoms with Crippen LogP contribution >= 0.6 is 0 Å². The Morgan fingerprint density at radius 2 is 2.00 bits per heavy atom. The molecule has 1 amide bonds. The van der Waals surface area contributed by atoms with Crippen molar-refractivity contribution in [1.82, 2.24) is 5.32 Å². The van der Waals surface area contributed by atoms with Crippen LogP contribution in [0.2, 0.25) is 0 Å². The molecule has 0 fully saturated rings. The van der Waals surface area contributed by atoms with Crippen LogP contribution in [0.4, 0.5) is 0 Å². The lowest BCUT2D eigenvalue weighted by atomic mass is 9.96. The van der Waals surface area contributed by atoms with Gasteiger partial charge in [-0.25, -0.2) is 0 Å². The van der Waals surface area contributed by atoms with Gasteiger partial charge in [-0.15, -0.1) is 0 Å². The first-order valence-corrected chi connectivity index (χ1v) is 7.07. The average molecular weight is 279 g/mol. The second kappa shape index (κ2) is 6.75. The van der Waals surface area contributed by atoms with Crippen molar-refractivity contribution in [3.63, 3.8) is 0 Å². The predicted molar refractivity (Wildman–Crippen MR) is 79.4 cm³/mol. The molecule has 0 aliphatic rings. The van der Waals surface area contributed by atoms with E-state index in [0.29, 0.717) is 11.3 Å². The smallest absolute Gasteiger partial charge is 0.244 e. The minimum absolute atomic E-state index is 0.156. The number of carbonyl (C=O) groups excluding carboxylic acids is 1. The lowest BCUT2D eigenvalue weighted by molar-refractivity contribution is -0.117. The Kier molecular flexibility index (Phi) is 5.57. The SMILES string of the molecule is CCC(=CC(=O)NCC(C)(O)c1cc(C)oc1C)CC. The van der Waals surface area contributed by atoms with Crippen LogP contribution < -0.4 is 5.32 Å². The zero-order valence-electron chi connectivity index (χ0n) is 13.0. The molecule has 0 aliphatic heterocycles. The third-order valence-corrected chi connectivity index (χ3v) is 3.47. The van der Waals surface area contributed by atoms with E-state index in [0.717, 1.165) is 24.2 Å². The van der Waals surface area contributed by atoms with Gasteiger partial charge in [-0.05, 0) is 39.7 Å². The molecule has 1 atom stereocenters. The molecule has 20 heavy (non-hydrogen) atoms. The van der Waals surface area contributed by atoms with Gasteiger partial charge in [0.15, 0.2) is 0 Å². The van der Waals surface area contributed by atoms with E-state index in [2.05, 4.69) is 5.32 Å². The first-order valence-electron chi connectivity index (χ1n) is 7.07. The molecule has 1 heterocycles. The molecule has 0 saturated carbocycles. The number of hydrogen-bond acceptors (Lipinski definition) is 3. The van der Waals surface area contributed by atoms with Crippen LogP contribution in [0, 0.1) is 13.8 Å². The summed E-state index contributed by atoms with van der Waals surface area (Å²) in [4.78, 5) is 11.8. The molecular formula is C16H25NO3. The highest BCUT2D eigenvalue weighted by atomic mass is 16.3. The maximum atomic E-state index is 11.8. The summed E-state index contributed by atoms with van der Waals surface area (Å²) in [6.07, 6.45) is 3.34. The van der Waals surface area contributed by atoms with E-state index < -0.39 is 5.60 Å². The van der Waals surface area contributed by atoms with E-state index in [1.165, 1.54) is 0 Å². The average Bonchev–Trinajstić information content (AvgIpc) is 2.73. The molecule has 1 aromatic rings. The Morgan fingerprint density at radius 1 is 1.40 bits per heavy atom. The van der Waals surface area contributed by atoms with Gasteiger partial charge in [-0.2, -0.15) is 0 Å². The van der Waals surface area contributed by atoms with Crippen LogP contribution in [-0.4, -0.2) is 17.6 Å². The number of aliphatic hydroxyl groups is 1. The summed E-state index contributed by atoms with van der Waals surface area (Å²) in [6.45, 7) is 9.53. The Hall–Kier alpha value is -1.55. The Balaban J connectivity index is 2.71. The van der Waals surface area contributed by atoms with Gasteiger partial charge in [0.25, 0.3) is 0 Å². The molecule has 0 aliphatic carbocycles. The lowest BCUT2D eigenvalue weighted by Crippen LogP contribution is -2.38. The molecule has 1 rings (SSSR count). The molecule has 1 unspecified atom stereocenters. The summed E-state index contributed by atoms with van der Waals surface area (Å²) >= 11 is 0. The summed E-state index contributed by atoms with van der Waals surface area (Å²) in [6, 6.07) is 1.81. The topological polar surface area (TPSA) is 62.5 Å². The van der Waals surface area contributed by atoms with Gasteiger partial charge in [-0.1, -0.05) is 19.4 Å². The molecular weight excluding hydrogens is 254 g/mol. The zero-order chi connectivity index (χ0) is 15.3. The van der Waals surface area contributed by atoms with Crippen molar-refractivity contribution >= 4 is 5.91 Å². The van der Waals surface area contributed by atoms with Crippen molar-refractivity contribution in [3.05, 3.63) is 34.8 Å². The normalized spacial score (nSPS) is 13.7. The molecule has 4 heteroatoms. The fraction of sp³-hybridized carbons (Fsp3) is 0.562. The highest BCUT2D eigenvalue weighted by Gasteiger charge is 2.27. The van der Waals surface area contributed by atoms with Crippen LogP contribution in [-0.2, 0) is 10.4 Å². The number of nitrogens with one attached hydrogen (secondary N) is 1. The fourth-order valence-corrected chi connectivity index (χ4v) is 2.21. The lowest BCUT2D eigenvalue weighted by Gasteiger charge is -2.23. The van der Waals surface area contributed by atoms with Crippen LogP contribution in [0.1, 0.15) is 50.7 Å². The molecule has 1 aromatic heterocycles. The van der Waals surface area contributed by atoms with Gasteiger partial charge in [0, 0.05) is 11.6 Å². The number of aryl methyl sites for hydroxylation is 2. The van der Waals surface area contributed by atoms with Crippen LogP contribution in [0.15, 0.2) is 22.1 Å². The highest BCUT2D eigenvalue weighted by molar-refractivity contribution is 5.88. The first kappa shape index (κ1) is 16.5. The molecule has 0 radical (unpaired) electrons. The first-order chi connectivity index (χ1) is 9.30. The number of allylic oxidation sites excluding steroid dienone is 1. The largest absolute Gasteiger partial charge is 0.466 e. The Morgan fingerprint density at radius 3 is 2.45 bits per heavy atom. The van der Waals surface area contributed by atoms with E-state index in [9.17, 15) is 9.90 Å². The maximum absolute atomic E-state index is 11.8.